The molecule has 142 heavy (non-hydrogen) atoms. The Bertz CT molecular complexity index is 7250. The van der Waals surface area contributed by atoms with Gasteiger partial charge in [0.15, 0.2) is 0 Å². The predicted octanol–water partition coefficient (Wildman–Crippen LogP) is 38.9. The number of nitrogens with zero attached hydrogens (tertiary/aromatic N) is 4. The van der Waals surface area contributed by atoms with Crippen molar-refractivity contribution >= 4 is 68.2 Å². The fourth-order valence-electron chi connectivity index (χ4n) is 19.2. The van der Waals surface area contributed by atoms with E-state index in [1.165, 1.54) is 122 Å². The summed E-state index contributed by atoms with van der Waals surface area (Å²) in [5.41, 5.74) is 43.9. The Hall–Kier alpha value is -18.7. The van der Waals surface area contributed by atoms with E-state index in [0.29, 0.717) is 0 Å². The first-order valence-corrected chi connectivity index (χ1v) is 48.5. The Morgan fingerprint density at radius 3 is 0.317 bits per heavy atom. The van der Waals surface area contributed by atoms with Gasteiger partial charge >= 0.3 is 0 Å². The molecule has 0 bridgehead atoms. The van der Waals surface area contributed by atoms with Crippen molar-refractivity contribution in [3.8, 4) is 145 Å². The summed E-state index contributed by atoms with van der Waals surface area (Å²) in [6.07, 6.45) is 0. The van der Waals surface area contributed by atoms with E-state index in [1.54, 1.807) is 0 Å². The van der Waals surface area contributed by atoms with Crippen LogP contribution in [0.25, 0.3) is 145 Å². The molecule has 0 spiro atoms. The molecule has 23 aromatic carbocycles. The van der Waals surface area contributed by atoms with Crippen molar-refractivity contribution in [3.05, 3.63) is 607 Å². The van der Waals surface area contributed by atoms with Crippen LogP contribution in [0.5, 0.6) is 0 Å². The van der Waals surface area contributed by atoms with Crippen LogP contribution in [-0.2, 0) is 0 Å². The van der Waals surface area contributed by atoms with Crippen LogP contribution in [0.1, 0.15) is 0 Å². The van der Waals surface area contributed by atoms with Gasteiger partial charge in [-0.3, -0.25) is 0 Å². The third-order valence-corrected chi connectivity index (χ3v) is 26.6. The minimum Gasteiger partial charge on any atom is -0.311 e. The van der Waals surface area contributed by atoms with E-state index < -0.39 is 0 Å². The van der Waals surface area contributed by atoms with Gasteiger partial charge in [-0.25, -0.2) is 0 Å². The minimum absolute atomic E-state index is 1.08. The summed E-state index contributed by atoms with van der Waals surface area (Å²) >= 11 is 0. The second kappa shape index (κ2) is 41.8. The highest BCUT2D eigenvalue weighted by molar-refractivity contribution is 5.92. The van der Waals surface area contributed by atoms with Crippen LogP contribution in [0.2, 0.25) is 0 Å². The SMILES string of the molecule is c1ccc(-c2ccc(N(c3ccc(-c4ccccc4)cc3)c3ccc(-c4ccc(-c5ccc(-c6ccc(N(c7ccc(-c8ccccc8)cc7)c7ccc(-c8ccccc8)cc7)cc6)cc5)cc4)cc3)cc2)cc1.c1ccc(-c2ccc(N(c3ccc(-c4ccccc4)cc3)c3cccc(-c4ccccc4-c4cccc(N(c5ccc(-c6ccccc6)cc5)c5ccc(-c6ccccc6)cc5)c4)c3)cc2)cc1. The molecule has 0 amide bonds. The number of hydrogen-bond acceptors (Lipinski definition) is 4. The lowest BCUT2D eigenvalue weighted by Crippen LogP contribution is -2.10. The Kier molecular flexibility index (Phi) is 26.1. The van der Waals surface area contributed by atoms with Gasteiger partial charge in [0.25, 0.3) is 0 Å². The van der Waals surface area contributed by atoms with E-state index in [4.69, 9.17) is 0 Å². The minimum atomic E-state index is 1.08. The predicted molar refractivity (Wildman–Crippen MR) is 602 cm³/mol. The van der Waals surface area contributed by atoms with Crippen molar-refractivity contribution in [1.82, 2.24) is 0 Å². The maximum absolute atomic E-state index is 2.36. The molecule has 0 N–H and O–H groups in total. The van der Waals surface area contributed by atoms with Crippen molar-refractivity contribution in [3.63, 3.8) is 0 Å². The number of rotatable bonds is 25. The zero-order valence-electron chi connectivity index (χ0n) is 78.5. The number of benzene rings is 23. The third-order valence-electron chi connectivity index (χ3n) is 26.6. The molecule has 0 aliphatic heterocycles. The highest BCUT2D eigenvalue weighted by Gasteiger charge is 2.22. The molecule has 0 aromatic heterocycles. The third kappa shape index (κ3) is 20.0. The maximum atomic E-state index is 2.36. The quantitative estimate of drug-likeness (QED) is 0.0565. The van der Waals surface area contributed by atoms with Crippen molar-refractivity contribution in [2.45, 2.75) is 0 Å². The van der Waals surface area contributed by atoms with Crippen molar-refractivity contribution in [2.75, 3.05) is 19.6 Å². The number of anilines is 12. The molecule has 0 saturated heterocycles. The molecule has 0 radical (unpaired) electrons. The van der Waals surface area contributed by atoms with Crippen LogP contribution in [-0.4, -0.2) is 0 Å². The number of hydrogen-bond donors (Lipinski definition) is 0. The summed E-state index contributed by atoms with van der Waals surface area (Å²) in [5, 5.41) is 0. The molecule has 0 aliphatic carbocycles. The molecule has 4 nitrogen and oxygen atoms in total. The second-order valence-corrected chi connectivity index (χ2v) is 35.5. The topological polar surface area (TPSA) is 13.0 Å². The van der Waals surface area contributed by atoms with Crippen LogP contribution >= 0.6 is 0 Å². The molecular weight excluding hydrogens is 1710 g/mol. The Morgan fingerprint density at radius 1 is 0.0704 bits per heavy atom. The van der Waals surface area contributed by atoms with Crippen LogP contribution < -0.4 is 19.6 Å². The van der Waals surface area contributed by atoms with E-state index >= 15 is 0 Å². The van der Waals surface area contributed by atoms with E-state index in [-0.39, 0.29) is 0 Å². The van der Waals surface area contributed by atoms with Gasteiger partial charge < -0.3 is 19.6 Å². The smallest absolute Gasteiger partial charge is 0.0467 e. The molecule has 672 valence electrons. The molecule has 0 aliphatic rings. The van der Waals surface area contributed by atoms with Gasteiger partial charge in [0.05, 0.1) is 0 Å². The van der Waals surface area contributed by atoms with E-state index in [9.17, 15) is 0 Å². The lowest BCUT2D eigenvalue weighted by atomic mass is 9.93. The van der Waals surface area contributed by atoms with E-state index in [1.807, 2.05) is 0 Å². The highest BCUT2D eigenvalue weighted by Crippen LogP contribution is 2.47. The second-order valence-electron chi connectivity index (χ2n) is 35.5. The van der Waals surface area contributed by atoms with E-state index in [0.717, 1.165) is 90.5 Å². The van der Waals surface area contributed by atoms with Gasteiger partial charge in [-0.05, 0) is 290 Å². The van der Waals surface area contributed by atoms with Gasteiger partial charge in [0, 0.05) is 68.2 Å². The molecular formula is C138H100N4. The molecule has 0 unspecified atom stereocenters. The molecule has 23 rings (SSSR count). The van der Waals surface area contributed by atoms with Crippen LogP contribution in [0.3, 0.4) is 0 Å². The van der Waals surface area contributed by atoms with Crippen molar-refractivity contribution in [1.29, 1.82) is 0 Å². The summed E-state index contributed by atoms with van der Waals surface area (Å²) < 4.78 is 0. The highest BCUT2D eigenvalue weighted by atomic mass is 15.2. The van der Waals surface area contributed by atoms with E-state index in [2.05, 4.69) is 626 Å². The van der Waals surface area contributed by atoms with Gasteiger partial charge in [0.2, 0.25) is 0 Å². The van der Waals surface area contributed by atoms with Crippen molar-refractivity contribution < 1.29 is 0 Å². The molecule has 0 fully saturated rings. The standard InChI is InChI=1S/C72H52N2.C66H48N2/c1-5-13-53(14-6-1)61-29-41-67(42-30-61)73(68-43-31-62(32-44-68)54-15-7-2-8-16-54)71-49-37-65(38-50-71)59-25-21-57(22-26-59)58-23-27-60(28-24-58)66-39-51-72(52-40-66)74(69-45-33-63(34-46-69)55-17-9-3-10-18-55)70-47-35-64(36-48-70)56-19-11-4-12-20-56;1-5-17-49(18-6-1)53-31-39-59(40-32-53)67(60-41-33-54(34-42-60)50-19-7-2-8-20-50)63-27-15-25-57(47-63)65-29-13-14-30-66(65)58-26-16-28-64(48-58)68(61-43-35-55(36-44-61)51-21-9-3-10-22-51)62-45-37-56(38-46-62)52-23-11-4-12-24-52/h1-52H;1-48H. The summed E-state index contributed by atoms with van der Waals surface area (Å²) in [6, 6.07) is 218. The van der Waals surface area contributed by atoms with Crippen LogP contribution in [0, 0.1) is 0 Å². The first kappa shape index (κ1) is 88.5. The van der Waals surface area contributed by atoms with Crippen molar-refractivity contribution in [2.24, 2.45) is 0 Å². The molecule has 23 aromatic rings. The molecule has 0 atom stereocenters. The average Bonchev–Trinajstić information content (AvgIpc) is 0.780. The maximum Gasteiger partial charge on any atom is 0.0467 e. The zero-order chi connectivity index (χ0) is 95.0. The fourth-order valence-corrected chi connectivity index (χ4v) is 19.2. The lowest BCUT2D eigenvalue weighted by Gasteiger charge is -2.27. The molecule has 4 heteroatoms. The van der Waals surface area contributed by atoms with Gasteiger partial charge in [-0.2, -0.15) is 0 Å². The molecule has 0 heterocycles. The Balaban J connectivity index is 0.000000163. The average molecular weight is 1810 g/mol. The molecule has 0 saturated carbocycles. The summed E-state index contributed by atoms with van der Waals surface area (Å²) in [5.74, 6) is 0. The van der Waals surface area contributed by atoms with Gasteiger partial charge in [0.1, 0.15) is 0 Å². The largest absolute Gasteiger partial charge is 0.311 e. The fraction of sp³-hybridized carbons (Fsp3) is 0. The zero-order valence-corrected chi connectivity index (χ0v) is 78.5. The lowest BCUT2D eigenvalue weighted by molar-refractivity contribution is 1.28. The van der Waals surface area contributed by atoms with Gasteiger partial charge in [-0.1, -0.05) is 461 Å². The first-order chi connectivity index (χ1) is 70.4. The van der Waals surface area contributed by atoms with Gasteiger partial charge in [-0.15, -0.1) is 0 Å². The monoisotopic (exact) mass is 1810 g/mol. The summed E-state index contributed by atoms with van der Waals surface area (Å²) in [7, 11) is 0. The summed E-state index contributed by atoms with van der Waals surface area (Å²) in [4.78, 5) is 9.39. The first-order valence-electron chi connectivity index (χ1n) is 48.5. The normalized spacial score (nSPS) is 11.0. The summed E-state index contributed by atoms with van der Waals surface area (Å²) in [6.45, 7) is 0. The van der Waals surface area contributed by atoms with Crippen LogP contribution in [0.15, 0.2) is 607 Å². The Labute approximate surface area is 833 Å². The van der Waals surface area contributed by atoms with Crippen LogP contribution in [0.4, 0.5) is 68.2 Å². The Morgan fingerprint density at radius 2 is 0.176 bits per heavy atom.